The number of amides is 1. The Bertz CT molecular complexity index is 1410. The van der Waals surface area contributed by atoms with Crippen LogP contribution in [-0.4, -0.2) is 41.1 Å². The zero-order valence-corrected chi connectivity index (χ0v) is 19.5. The van der Waals surface area contributed by atoms with Gasteiger partial charge in [0.15, 0.2) is 11.5 Å². The summed E-state index contributed by atoms with van der Waals surface area (Å²) >= 11 is 0. The van der Waals surface area contributed by atoms with Gasteiger partial charge in [-0.2, -0.15) is 0 Å². The molecule has 8 heteroatoms. The van der Waals surface area contributed by atoms with Gasteiger partial charge in [0.25, 0.3) is 5.69 Å². The molecular weight excluding hydrogens is 446 g/mol. The highest BCUT2D eigenvalue weighted by molar-refractivity contribution is 5.85. The molecular formula is C27H25N3O5. The van der Waals surface area contributed by atoms with Crippen molar-refractivity contribution in [3.63, 3.8) is 0 Å². The Balaban J connectivity index is 1.52. The summed E-state index contributed by atoms with van der Waals surface area (Å²) in [6.45, 7) is 0.693. The molecule has 4 aromatic rings. The summed E-state index contributed by atoms with van der Waals surface area (Å²) in [5, 5.41) is 11.8. The lowest BCUT2D eigenvalue weighted by Crippen LogP contribution is -2.42. The molecule has 1 aromatic heterocycles. The smallest absolute Gasteiger partial charge is 0.270 e. The second-order valence-electron chi connectivity index (χ2n) is 8.50. The number of hydrogen-bond donors (Lipinski definition) is 0. The molecule has 0 spiro atoms. The third-order valence-electron chi connectivity index (χ3n) is 6.58. The summed E-state index contributed by atoms with van der Waals surface area (Å²) in [6.07, 6.45) is 2.50. The molecule has 5 rings (SSSR count). The third-order valence-corrected chi connectivity index (χ3v) is 6.58. The van der Waals surface area contributed by atoms with Crippen molar-refractivity contribution in [1.29, 1.82) is 0 Å². The van der Waals surface area contributed by atoms with E-state index in [9.17, 15) is 14.9 Å². The van der Waals surface area contributed by atoms with Crippen LogP contribution in [0.3, 0.4) is 0 Å². The van der Waals surface area contributed by atoms with Gasteiger partial charge in [0.2, 0.25) is 5.91 Å². The van der Waals surface area contributed by atoms with Gasteiger partial charge in [-0.25, -0.2) is 0 Å². The maximum atomic E-state index is 13.7. The maximum absolute atomic E-state index is 13.7. The first-order valence-electron chi connectivity index (χ1n) is 11.3. The highest BCUT2D eigenvalue weighted by Gasteiger charge is 2.33. The number of carbonyl (C=O) groups is 1. The molecule has 1 aliphatic heterocycles. The minimum absolute atomic E-state index is 0.0303. The van der Waals surface area contributed by atoms with Crippen molar-refractivity contribution in [2.45, 2.75) is 19.0 Å². The number of benzene rings is 3. The topological polar surface area (TPSA) is 86.8 Å². The molecule has 1 unspecified atom stereocenters. The first kappa shape index (κ1) is 22.5. The van der Waals surface area contributed by atoms with Crippen molar-refractivity contribution >= 4 is 22.5 Å². The zero-order chi connectivity index (χ0) is 24.5. The number of hydrogen-bond acceptors (Lipinski definition) is 5. The van der Waals surface area contributed by atoms with Gasteiger partial charge in [0.05, 0.1) is 25.2 Å². The molecule has 0 radical (unpaired) electrons. The molecule has 8 nitrogen and oxygen atoms in total. The van der Waals surface area contributed by atoms with Crippen molar-refractivity contribution in [3.05, 3.63) is 99.7 Å². The molecule has 3 aromatic carbocycles. The van der Waals surface area contributed by atoms with Crippen molar-refractivity contribution in [2.24, 2.45) is 0 Å². The summed E-state index contributed by atoms with van der Waals surface area (Å²) in [6, 6.07) is 20.1. The van der Waals surface area contributed by atoms with Gasteiger partial charge in [0, 0.05) is 35.8 Å². The van der Waals surface area contributed by atoms with Gasteiger partial charge in [0.1, 0.15) is 6.54 Å². The Labute approximate surface area is 202 Å². The average Bonchev–Trinajstić information content (AvgIpc) is 3.29. The lowest BCUT2D eigenvalue weighted by molar-refractivity contribution is -0.384. The van der Waals surface area contributed by atoms with Gasteiger partial charge in [-0.05, 0) is 47.4 Å². The van der Waals surface area contributed by atoms with Crippen molar-refractivity contribution in [2.75, 3.05) is 20.8 Å². The van der Waals surface area contributed by atoms with E-state index in [1.54, 1.807) is 32.5 Å². The normalized spacial score (nSPS) is 15.0. The van der Waals surface area contributed by atoms with Gasteiger partial charge in [-0.15, -0.1) is 0 Å². The fraction of sp³-hybridized carbons (Fsp3) is 0.222. The second-order valence-corrected chi connectivity index (χ2v) is 8.50. The highest BCUT2D eigenvalue weighted by Crippen LogP contribution is 2.41. The Hall–Kier alpha value is -4.33. The van der Waals surface area contributed by atoms with E-state index in [-0.39, 0.29) is 24.2 Å². The van der Waals surface area contributed by atoms with Gasteiger partial charge < -0.3 is 18.9 Å². The van der Waals surface area contributed by atoms with Crippen LogP contribution < -0.4 is 9.47 Å². The largest absolute Gasteiger partial charge is 0.493 e. The van der Waals surface area contributed by atoms with Crippen LogP contribution in [0.2, 0.25) is 0 Å². The molecule has 1 amide bonds. The molecule has 0 N–H and O–H groups in total. The number of fused-ring (bicyclic) bond motifs is 2. The van der Waals surface area contributed by atoms with E-state index in [0.717, 1.165) is 27.6 Å². The Morgan fingerprint density at radius 2 is 1.77 bits per heavy atom. The van der Waals surface area contributed by atoms with E-state index >= 15 is 0 Å². The molecule has 1 aliphatic rings. The highest BCUT2D eigenvalue weighted by atomic mass is 16.6. The Morgan fingerprint density at radius 1 is 1.03 bits per heavy atom. The predicted molar refractivity (Wildman–Crippen MR) is 132 cm³/mol. The van der Waals surface area contributed by atoms with Gasteiger partial charge >= 0.3 is 0 Å². The molecule has 35 heavy (non-hydrogen) atoms. The number of nitro benzene ring substituents is 1. The first-order chi connectivity index (χ1) is 17.0. The van der Waals surface area contributed by atoms with Crippen LogP contribution in [0.4, 0.5) is 5.69 Å². The number of aromatic nitrogens is 1. The Kier molecular flexibility index (Phi) is 5.86. The first-order valence-corrected chi connectivity index (χ1v) is 11.3. The fourth-order valence-electron chi connectivity index (χ4n) is 4.88. The second kappa shape index (κ2) is 9.13. The van der Waals surface area contributed by atoms with Crippen LogP contribution in [0.15, 0.2) is 72.9 Å². The van der Waals surface area contributed by atoms with Crippen LogP contribution in [-0.2, 0) is 17.8 Å². The molecule has 0 saturated carbocycles. The molecule has 0 aliphatic carbocycles. The number of carbonyl (C=O) groups excluding carboxylic acids is 1. The van der Waals surface area contributed by atoms with E-state index < -0.39 is 4.92 Å². The van der Waals surface area contributed by atoms with Crippen molar-refractivity contribution in [3.8, 4) is 11.5 Å². The molecule has 0 bridgehead atoms. The molecule has 178 valence electrons. The van der Waals surface area contributed by atoms with Crippen LogP contribution in [0.1, 0.15) is 22.7 Å². The monoisotopic (exact) mass is 471 g/mol. The minimum Gasteiger partial charge on any atom is -0.493 e. The number of methoxy groups -OCH3 is 2. The molecule has 1 atom stereocenters. The standard InChI is InChI=1S/C27H25N3O5/c1-34-24-15-19-11-13-29(27(18-6-4-3-5-7-18)22(19)16-25(24)35-2)26(31)17-28-12-10-20-14-21(30(32)33)8-9-23(20)28/h3-10,12,14-16,27H,11,13,17H2,1-2H3. The lowest BCUT2D eigenvalue weighted by Gasteiger charge is -2.38. The lowest BCUT2D eigenvalue weighted by atomic mass is 9.87. The average molecular weight is 472 g/mol. The quantitative estimate of drug-likeness (QED) is 0.299. The van der Waals surface area contributed by atoms with Crippen LogP contribution in [0.5, 0.6) is 11.5 Å². The number of non-ortho nitro benzene ring substituents is 1. The summed E-state index contributed by atoms with van der Waals surface area (Å²) < 4.78 is 12.9. The molecule has 0 saturated heterocycles. The summed E-state index contributed by atoms with van der Waals surface area (Å²) in [4.78, 5) is 26.3. The summed E-state index contributed by atoms with van der Waals surface area (Å²) in [5.41, 5.74) is 3.97. The number of ether oxygens (including phenoxy) is 2. The fourth-order valence-corrected chi connectivity index (χ4v) is 4.88. The third kappa shape index (κ3) is 4.07. The van der Waals surface area contributed by atoms with Crippen LogP contribution in [0.25, 0.3) is 10.9 Å². The molecule has 2 heterocycles. The minimum atomic E-state index is -0.416. The van der Waals surface area contributed by atoms with Crippen molar-refractivity contribution < 1.29 is 19.2 Å². The number of nitrogens with zero attached hydrogens (tertiary/aromatic N) is 3. The van der Waals surface area contributed by atoms with Gasteiger partial charge in [-0.3, -0.25) is 14.9 Å². The number of nitro groups is 1. The van der Waals surface area contributed by atoms with E-state index in [2.05, 4.69) is 0 Å². The van der Waals surface area contributed by atoms with E-state index in [4.69, 9.17) is 9.47 Å². The van der Waals surface area contributed by atoms with Gasteiger partial charge in [-0.1, -0.05) is 30.3 Å². The van der Waals surface area contributed by atoms with E-state index in [1.165, 1.54) is 12.1 Å². The maximum Gasteiger partial charge on any atom is 0.270 e. The number of rotatable bonds is 6. The van der Waals surface area contributed by atoms with E-state index in [1.807, 2.05) is 51.9 Å². The summed E-state index contributed by atoms with van der Waals surface area (Å²) in [5.74, 6) is 1.26. The van der Waals surface area contributed by atoms with E-state index in [0.29, 0.717) is 24.5 Å². The summed E-state index contributed by atoms with van der Waals surface area (Å²) in [7, 11) is 3.22. The Morgan fingerprint density at radius 3 is 2.49 bits per heavy atom. The SMILES string of the molecule is COc1cc2c(cc1OC)C(c1ccccc1)N(C(=O)Cn1ccc3cc([N+](=O)[O-])ccc31)CC2. The van der Waals surface area contributed by atoms with Crippen LogP contribution >= 0.6 is 0 Å². The van der Waals surface area contributed by atoms with Crippen molar-refractivity contribution in [1.82, 2.24) is 9.47 Å². The predicted octanol–water partition coefficient (Wildman–Crippen LogP) is 4.74. The van der Waals surface area contributed by atoms with Crippen LogP contribution in [0, 0.1) is 10.1 Å². The molecule has 0 fully saturated rings. The zero-order valence-electron chi connectivity index (χ0n) is 19.5.